The number of benzene rings is 2. The molecule has 0 atom stereocenters. The van der Waals surface area contributed by atoms with Crippen LogP contribution in [-0.2, 0) is 0 Å². The fourth-order valence-electron chi connectivity index (χ4n) is 2.24. The van der Waals surface area contributed by atoms with Gasteiger partial charge in [-0.25, -0.2) is 4.98 Å². The van der Waals surface area contributed by atoms with Crippen LogP contribution in [0.15, 0.2) is 59.5 Å². The van der Waals surface area contributed by atoms with E-state index in [1.54, 1.807) is 12.1 Å². The van der Waals surface area contributed by atoms with Crippen LogP contribution in [0.5, 0.6) is 5.75 Å². The maximum atomic E-state index is 12.3. The number of methoxy groups -OCH3 is 1. The lowest BCUT2D eigenvalue weighted by atomic mass is 10.2. The molecule has 0 aliphatic heterocycles. The van der Waals surface area contributed by atoms with Crippen molar-refractivity contribution in [3.8, 4) is 17.1 Å². The maximum Gasteiger partial charge on any atom is 0.264 e. The van der Waals surface area contributed by atoms with E-state index in [0.717, 1.165) is 5.56 Å². The Labute approximate surface area is 148 Å². The third kappa shape index (κ3) is 3.70. The van der Waals surface area contributed by atoms with Gasteiger partial charge in [-0.05, 0) is 18.2 Å². The zero-order chi connectivity index (χ0) is 17.8. The van der Waals surface area contributed by atoms with E-state index < -0.39 is 11.5 Å². The van der Waals surface area contributed by atoms with E-state index >= 15 is 0 Å². The van der Waals surface area contributed by atoms with Gasteiger partial charge in [0.05, 0.1) is 12.1 Å². The second-order valence-electron chi connectivity index (χ2n) is 5.14. The number of hydrogen-bond acceptors (Lipinski definition) is 4. The molecule has 3 aromatic rings. The van der Waals surface area contributed by atoms with Crippen LogP contribution in [0.3, 0.4) is 0 Å². The summed E-state index contributed by atoms with van der Waals surface area (Å²) in [6.45, 7) is 0. The lowest BCUT2D eigenvalue weighted by molar-refractivity contribution is 0.102. The average molecular weight is 356 g/mol. The number of nitrogens with one attached hydrogen (secondary N) is 2. The number of H-pyrrole nitrogens is 1. The molecule has 2 aromatic carbocycles. The van der Waals surface area contributed by atoms with Crippen molar-refractivity contribution in [2.24, 2.45) is 0 Å². The van der Waals surface area contributed by atoms with E-state index in [1.807, 2.05) is 30.3 Å². The molecule has 1 amide bonds. The Morgan fingerprint density at radius 2 is 1.96 bits per heavy atom. The number of amides is 1. The number of carbonyl (C=O) groups excluding carboxylic acids is 1. The van der Waals surface area contributed by atoms with Gasteiger partial charge in [-0.2, -0.15) is 0 Å². The van der Waals surface area contributed by atoms with Crippen molar-refractivity contribution < 1.29 is 9.53 Å². The van der Waals surface area contributed by atoms with E-state index in [-0.39, 0.29) is 5.56 Å². The minimum Gasteiger partial charge on any atom is -0.495 e. The van der Waals surface area contributed by atoms with E-state index in [1.165, 1.54) is 19.4 Å². The Morgan fingerprint density at radius 3 is 2.60 bits per heavy atom. The minimum atomic E-state index is -0.574. The van der Waals surface area contributed by atoms with Crippen molar-refractivity contribution in [2.75, 3.05) is 12.4 Å². The Balaban J connectivity index is 1.83. The number of nitrogens with zero attached hydrogens (tertiary/aromatic N) is 1. The summed E-state index contributed by atoms with van der Waals surface area (Å²) in [5, 5.41) is 2.96. The van der Waals surface area contributed by atoms with Crippen LogP contribution in [0.4, 0.5) is 5.69 Å². The summed E-state index contributed by atoms with van der Waals surface area (Å²) in [6, 6.07) is 14.0. The Bertz CT molecular complexity index is 971. The lowest BCUT2D eigenvalue weighted by Gasteiger charge is -2.08. The van der Waals surface area contributed by atoms with Crippen LogP contribution in [0.1, 0.15) is 10.4 Å². The molecule has 2 N–H and O–H groups in total. The SMILES string of the molecule is COc1ccc(NC(=O)c2cnc(-c3ccccc3)[nH]c2=O)cc1Cl. The number of hydrogen-bond donors (Lipinski definition) is 2. The van der Waals surface area contributed by atoms with Crippen molar-refractivity contribution in [1.29, 1.82) is 0 Å². The monoisotopic (exact) mass is 355 g/mol. The van der Waals surface area contributed by atoms with Gasteiger partial charge in [-0.3, -0.25) is 9.59 Å². The molecule has 6 nitrogen and oxygen atoms in total. The van der Waals surface area contributed by atoms with Gasteiger partial charge in [-0.1, -0.05) is 41.9 Å². The van der Waals surface area contributed by atoms with Crippen molar-refractivity contribution >= 4 is 23.2 Å². The maximum absolute atomic E-state index is 12.3. The highest BCUT2D eigenvalue weighted by molar-refractivity contribution is 6.32. The molecule has 0 unspecified atom stereocenters. The predicted molar refractivity (Wildman–Crippen MR) is 96.3 cm³/mol. The highest BCUT2D eigenvalue weighted by Crippen LogP contribution is 2.27. The van der Waals surface area contributed by atoms with Crippen LogP contribution in [0.2, 0.25) is 5.02 Å². The first kappa shape index (κ1) is 16.7. The lowest BCUT2D eigenvalue weighted by Crippen LogP contribution is -2.24. The largest absolute Gasteiger partial charge is 0.495 e. The summed E-state index contributed by atoms with van der Waals surface area (Å²) < 4.78 is 5.05. The fourth-order valence-corrected chi connectivity index (χ4v) is 2.50. The first-order chi connectivity index (χ1) is 12.1. The minimum absolute atomic E-state index is 0.0911. The van der Waals surface area contributed by atoms with Crippen molar-refractivity contribution in [3.63, 3.8) is 0 Å². The van der Waals surface area contributed by atoms with Gasteiger partial charge in [0.15, 0.2) is 0 Å². The Morgan fingerprint density at radius 1 is 1.20 bits per heavy atom. The molecular weight excluding hydrogens is 342 g/mol. The smallest absolute Gasteiger partial charge is 0.264 e. The number of aromatic amines is 1. The number of aromatic nitrogens is 2. The van der Waals surface area contributed by atoms with Crippen LogP contribution < -0.4 is 15.6 Å². The second-order valence-corrected chi connectivity index (χ2v) is 5.55. The fraction of sp³-hybridized carbons (Fsp3) is 0.0556. The number of rotatable bonds is 4. The average Bonchev–Trinajstić information content (AvgIpc) is 2.62. The van der Waals surface area contributed by atoms with Crippen LogP contribution in [0, 0.1) is 0 Å². The molecular formula is C18H14ClN3O3. The molecule has 25 heavy (non-hydrogen) atoms. The molecule has 0 fully saturated rings. The number of ether oxygens (including phenoxy) is 1. The van der Waals surface area contributed by atoms with Gasteiger partial charge in [0.1, 0.15) is 17.1 Å². The zero-order valence-corrected chi connectivity index (χ0v) is 14.0. The topological polar surface area (TPSA) is 84.1 Å². The van der Waals surface area contributed by atoms with Gasteiger partial charge in [0.2, 0.25) is 0 Å². The van der Waals surface area contributed by atoms with E-state index in [0.29, 0.717) is 22.3 Å². The van der Waals surface area contributed by atoms with Crippen LogP contribution >= 0.6 is 11.6 Å². The normalized spacial score (nSPS) is 10.3. The standard InChI is InChI=1S/C18H14ClN3O3/c1-25-15-8-7-12(9-14(15)19)21-17(23)13-10-20-16(22-18(13)24)11-5-3-2-4-6-11/h2-10H,1H3,(H,21,23)(H,20,22,24). The van der Waals surface area contributed by atoms with Crippen LogP contribution in [-0.4, -0.2) is 23.0 Å². The molecule has 3 rings (SSSR count). The molecule has 0 bridgehead atoms. The summed E-state index contributed by atoms with van der Waals surface area (Å²) in [5.41, 5.74) is 0.591. The first-order valence-corrected chi connectivity index (χ1v) is 7.76. The molecule has 0 aliphatic carbocycles. The zero-order valence-electron chi connectivity index (χ0n) is 13.2. The Kier molecular flexibility index (Phi) is 4.81. The molecule has 7 heteroatoms. The summed E-state index contributed by atoms with van der Waals surface area (Å²) in [6.07, 6.45) is 1.25. The second kappa shape index (κ2) is 7.19. The first-order valence-electron chi connectivity index (χ1n) is 7.38. The van der Waals surface area contributed by atoms with Crippen molar-refractivity contribution in [2.45, 2.75) is 0 Å². The number of halogens is 1. The van der Waals surface area contributed by atoms with E-state index in [2.05, 4.69) is 15.3 Å². The molecule has 0 saturated carbocycles. The highest BCUT2D eigenvalue weighted by atomic mass is 35.5. The molecule has 1 aromatic heterocycles. The number of carbonyl (C=O) groups is 1. The van der Waals surface area contributed by atoms with Gasteiger partial charge in [0, 0.05) is 17.4 Å². The molecule has 0 spiro atoms. The molecule has 0 saturated heterocycles. The molecule has 0 aliphatic rings. The summed E-state index contributed by atoms with van der Waals surface area (Å²) in [5.74, 6) is 0.315. The third-order valence-corrected chi connectivity index (χ3v) is 3.80. The van der Waals surface area contributed by atoms with Gasteiger partial charge in [-0.15, -0.1) is 0 Å². The Hall–Kier alpha value is -3.12. The van der Waals surface area contributed by atoms with Crippen LogP contribution in [0.25, 0.3) is 11.4 Å². The van der Waals surface area contributed by atoms with E-state index in [9.17, 15) is 9.59 Å². The third-order valence-electron chi connectivity index (χ3n) is 3.50. The molecule has 126 valence electrons. The van der Waals surface area contributed by atoms with E-state index in [4.69, 9.17) is 16.3 Å². The highest BCUT2D eigenvalue weighted by Gasteiger charge is 2.13. The van der Waals surface area contributed by atoms with Crippen molar-refractivity contribution in [3.05, 3.63) is 75.7 Å². The molecule has 0 radical (unpaired) electrons. The van der Waals surface area contributed by atoms with Gasteiger partial charge in [0.25, 0.3) is 11.5 Å². The quantitative estimate of drug-likeness (QED) is 0.751. The summed E-state index contributed by atoms with van der Waals surface area (Å²) >= 11 is 6.02. The van der Waals surface area contributed by atoms with Gasteiger partial charge < -0.3 is 15.0 Å². The number of anilines is 1. The predicted octanol–water partition coefficient (Wildman–Crippen LogP) is 3.35. The summed E-state index contributed by atoms with van der Waals surface area (Å²) in [4.78, 5) is 31.3. The van der Waals surface area contributed by atoms with Gasteiger partial charge >= 0.3 is 0 Å². The summed E-state index contributed by atoms with van der Waals surface area (Å²) in [7, 11) is 1.50. The van der Waals surface area contributed by atoms with Crippen molar-refractivity contribution in [1.82, 2.24) is 9.97 Å². The molecule has 1 heterocycles.